The zero-order chi connectivity index (χ0) is 19.7. The SMILES string of the molecule is COc1cc(-c2cc3nccc(-c4cccc(O)c4)c3o2)cc(OC)c1OC. The summed E-state index contributed by atoms with van der Waals surface area (Å²) in [4.78, 5) is 4.41. The van der Waals surface area contributed by atoms with E-state index in [1.807, 2.05) is 30.3 Å². The van der Waals surface area contributed by atoms with Crippen molar-refractivity contribution in [1.29, 1.82) is 0 Å². The van der Waals surface area contributed by atoms with Gasteiger partial charge in [-0.05, 0) is 35.9 Å². The molecule has 4 aromatic rings. The first kappa shape index (κ1) is 17.7. The minimum Gasteiger partial charge on any atom is -0.508 e. The number of nitrogens with zero attached hydrogens (tertiary/aromatic N) is 1. The van der Waals surface area contributed by atoms with Gasteiger partial charge in [0.1, 0.15) is 17.0 Å². The Morgan fingerprint density at radius 3 is 2.25 bits per heavy atom. The number of rotatable bonds is 5. The van der Waals surface area contributed by atoms with E-state index in [1.54, 1.807) is 45.7 Å². The number of ether oxygens (including phenoxy) is 3. The topological polar surface area (TPSA) is 74.0 Å². The van der Waals surface area contributed by atoms with E-state index in [0.717, 1.165) is 16.7 Å². The molecule has 6 heteroatoms. The maximum absolute atomic E-state index is 9.81. The van der Waals surface area contributed by atoms with Gasteiger partial charge < -0.3 is 23.7 Å². The molecule has 28 heavy (non-hydrogen) atoms. The molecule has 0 saturated carbocycles. The Morgan fingerprint density at radius 1 is 0.857 bits per heavy atom. The molecule has 0 radical (unpaired) electrons. The molecule has 1 N–H and O–H groups in total. The highest BCUT2D eigenvalue weighted by molar-refractivity contribution is 5.92. The molecular formula is C22H19NO5. The molecule has 2 heterocycles. The zero-order valence-corrected chi connectivity index (χ0v) is 15.7. The second-order valence-corrected chi connectivity index (χ2v) is 6.15. The second kappa shape index (κ2) is 7.15. The van der Waals surface area contributed by atoms with E-state index in [1.165, 1.54) is 0 Å². The van der Waals surface area contributed by atoms with Crippen LogP contribution in [-0.2, 0) is 0 Å². The number of methoxy groups -OCH3 is 3. The minimum absolute atomic E-state index is 0.193. The monoisotopic (exact) mass is 377 g/mol. The van der Waals surface area contributed by atoms with Gasteiger partial charge in [-0.2, -0.15) is 0 Å². The number of phenols is 1. The summed E-state index contributed by atoms with van der Waals surface area (Å²) in [5.74, 6) is 2.41. The second-order valence-electron chi connectivity index (χ2n) is 6.15. The molecule has 2 aromatic heterocycles. The highest BCUT2D eigenvalue weighted by Gasteiger charge is 2.18. The van der Waals surface area contributed by atoms with Crippen molar-refractivity contribution < 1.29 is 23.7 Å². The summed E-state index contributed by atoms with van der Waals surface area (Å²) in [7, 11) is 4.70. The van der Waals surface area contributed by atoms with E-state index in [9.17, 15) is 5.11 Å². The Morgan fingerprint density at radius 2 is 1.61 bits per heavy atom. The molecule has 0 amide bonds. The lowest BCUT2D eigenvalue weighted by Crippen LogP contribution is -1.95. The lowest BCUT2D eigenvalue weighted by Gasteiger charge is -2.13. The van der Waals surface area contributed by atoms with Crippen LogP contribution in [0.25, 0.3) is 33.6 Å². The molecule has 2 aromatic carbocycles. The molecule has 0 fully saturated rings. The molecule has 0 unspecified atom stereocenters. The number of fused-ring (bicyclic) bond motifs is 1. The average molecular weight is 377 g/mol. The van der Waals surface area contributed by atoms with Gasteiger partial charge in [0.05, 0.1) is 21.3 Å². The van der Waals surface area contributed by atoms with Crippen LogP contribution in [0.2, 0.25) is 0 Å². The Hall–Kier alpha value is -3.67. The van der Waals surface area contributed by atoms with E-state index in [4.69, 9.17) is 18.6 Å². The van der Waals surface area contributed by atoms with Crippen molar-refractivity contribution in [1.82, 2.24) is 4.98 Å². The van der Waals surface area contributed by atoms with Crippen LogP contribution in [0.15, 0.2) is 59.1 Å². The van der Waals surface area contributed by atoms with Gasteiger partial charge in [0.2, 0.25) is 5.75 Å². The summed E-state index contributed by atoms with van der Waals surface area (Å²) in [6.07, 6.45) is 1.72. The van der Waals surface area contributed by atoms with Gasteiger partial charge in [-0.15, -0.1) is 0 Å². The average Bonchev–Trinajstić information content (AvgIpc) is 3.17. The summed E-state index contributed by atoms with van der Waals surface area (Å²) in [6, 6.07) is 14.4. The molecule has 0 atom stereocenters. The van der Waals surface area contributed by atoms with Gasteiger partial charge in [0.25, 0.3) is 0 Å². The molecule has 0 bridgehead atoms. The van der Waals surface area contributed by atoms with Crippen LogP contribution < -0.4 is 14.2 Å². The standard InChI is InChI=1S/C22H19NO5/c1-25-19-10-14(11-20(26-2)22(19)27-3)18-12-17-21(28-18)16(7-8-23-17)13-5-4-6-15(24)9-13/h4-12,24H,1-3H3. The quantitative estimate of drug-likeness (QED) is 0.534. The fourth-order valence-electron chi connectivity index (χ4n) is 3.20. The molecule has 0 saturated heterocycles. The summed E-state index contributed by atoms with van der Waals surface area (Å²) in [6.45, 7) is 0. The Kier molecular flexibility index (Phi) is 4.53. The number of pyridine rings is 1. The summed E-state index contributed by atoms with van der Waals surface area (Å²) in [5.41, 5.74) is 3.81. The predicted molar refractivity (Wildman–Crippen MR) is 106 cm³/mol. The fourth-order valence-corrected chi connectivity index (χ4v) is 3.20. The van der Waals surface area contributed by atoms with Crippen molar-refractivity contribution in [2.75, 3.05) is 21.3 Å². The van der Waals surface area contributed by atoms with Crippen LogP contribution in [0.5, 0.6) is 23.0 Å². The highest BCUT2D eigenvalue weighted by Crippen LogP contribution is 2.42. The number of aromatic hydroxyl groups is 1. The van der Waals surface area contributed by atoms with Crippen molar-refractivity contribution in [2.45, 2.75) is 0 Å². The van der Waals surface area contributed by atoms with Crippen LogP contribution in [0.3, 0.4) is 0 Å². The number of aromatic nitrogens is 1. The molecule has 0 spiro atoms. The Labute approximate surface area is 161 Å². The van der Waals surface area contributed by atoms with Crippen molar-refractivity contribution in [3.8, 4) is 45.4 Å². The smallest absolute Gasteiger partial charge is 0.203 e. The fraction of sp³-hybridized carbons (Fsp3) is 0.136. The van der Waals surface area contributed by atoms with Crippen molar-refractivity contribution in [3.05, 3.63) is 54.7 Å². The highest BCUT2D eigenvalue weighted by atomic mass is 16.5. The first-order valence-corrected chi connectivity index (χ1v) is 8.63. The van der Waals surface area contributed by atoms with E-state index >= 15 is 0 Å². The predicted octanol–water partition coefficient (Wildman–Crippen LogP) is 4.89. The molecular weight excluding hydrogens is 358 g/mol. The first-order valence-electron chi connectivity index (χ1n) is 8.63. The molecule has 0 aliphatic rings. The van der Waals surface area contributed by atoms with E-state index in [2.05, 4.69) is 4.98 Å². The largest absolute Gasteiger partial charge is 0.508 e. The molecule has 0 aliphatic heterocycles. The van der Waals surface area contributed by atoms with Crippen LogP contribution in [0.4, 0.5) is 0 Å². The third kappa shape index (κ3) is 2.99. The van der Waals surface area contributed by atoms with E-state index < -0.39 is 0 Å². The van der Waals surface area contributed by atoms with Crippen LogP contribution in [0, 0.1) is 0 Å². The van der Waals surface area contributed by atoms with E-state index in [0.29, 0.717) is 34.1 Å². The van der Waals surface area contributed by atoms with Crippen molar-refractivity contribution in [3.63, 3.8) is 0 Å². The zero-order valence-electron chi connectivity index (χ0n) is 15.7. The lowest BCUT2D eigenvalue weighted by molar-refractivity contribution is 0.324. The van der Waals surface area contributed by atoms with Crippen LogP contribution in [0.1, 0.15) is 0 Å². The van der Waals surface area contributed by atoms with Crippen molar-refractivity contribution in [2.24, 2.45) is 0 Å². The first-order chi connectivity index (χ1) is 13.6. The van der Waals surface area contributed by atoms with Gasteiger partial charge in [0, 0.05) is 23.4 Å². The maximum atomic E-state index is 9.81. The van der Waals surface area contributed by atoms with Gasteiger partial charge in [-0.25, -0.2) is 0 Å². The van der Waals surface area contributed by atoms with Gasteiger partial charge in [0.15, 0.2) is 17.1 Å². The van der Waals surface area contributed by atoms with Gasteiger partial charge >= 0.3 is 0 Å². The molecule has 6 nitrogen and oxygen atoms in total. The third-order valence-electron chi connectivity index (χ3n) is 4.52. The third-order valence-corrected chi connectivity index (χ3v) is 4.52. The van der Waals surface area contributed by atoms with Crippen LogP contribution in [-0.4, -0.2) is 31.4 Å². The van der Waals surface area contributed by atoms with Gasteiger partial charge in [-0.3, -0.25) is 4.98 Å². The van der Waals surface area contributed by atoms with Crippen LogP contribution >= 0.6 is 0 Å². The number of hydrogen-bond acceptors (Lipinski definition) is 6. The van der Waals surface area contributed by atoms with E-state index in [-0.39, 0.29) is 5.75 Å². The van der Waals surface area contributed by atoms with Gasteiger partial charge in [-0.1, -0.05) is 12.1 Å². The van der Waals surface area contributed by atoms with Crippen molar-refractivity contribution >= 4 is 11.1 Å². The Balaban J connectivity index is 1.89. The molecule has 0 aliphatic carbocycles. The Bertz CT molecular complexity index is 1120. The number of benzene rings is 2. The summed E-state index contributed by atoms with van der Waals surface area (Å²) in [5, 5.41) is 9.81. The number of phenolic OH excluding ortho intramolecular Hbond substituents is 1. The summed E-state index contributed by atoms with van der Waals surface area (Å²) >= 11 is 0. The molecule has 142 valence electrons. The maximum Gasteiger partial charge on any atom is 0.203 e. The normalized spacial score (nSPS) is 10.8. The minimum atomic E-state index is 0.193. The lowest BCUT2D eigenvalue weighted by atomic mass is 10.1. The number of furan rings is 1. The number of hydrogen-bond donors (Lipinski definition) is 1. The summed E-state index contributed by atoms with van der Waals surface area (Å²) < 4.78 is 22.4. The molecule has 4 rings (SSSR count).